The summed E-state index contributed by atoms with van der Waals surface area (Å²) in [7, 11) is 0. The molecule has 0 radical (unpaired) electrons. The Morgan fingerprint density at radius 3 is 2.83 bits per heavy atom. The molecule has 0 aromatic heterocycles. The number of hydrogen-bond acceptors (Lipinski definition) is 2. The molecule has 0 unspecified atom stereocenters. The van der Waals surface area contributed by atoms with Crippen molar-refractivity contribution < 1.29 is 4.79 Å². The number of carbonyl (C=O) groups excluding carboxylic acids is 1. The van der Waals surface area contributed by atoms with Crippen LogP contribution in [0.3, 0.4) is 0 Å². The SMILES string of the molecule is C=CCCNC(=O)C1(C#N)CC1. The molecule has 1 rings (SSSR count). The van der Waals surface area contributed by atoms with Crippen molar-refractivity contribution in [3.05, 3.63) is 12.7 Å². The summed E-state index contributed by atoms with van der Waals surface area (Å²) in [5.41, 5.74) is -0.679. The van der Waals surface area contributed by atoms with E-state index >= 15 is 0 Å². The third-order valence-electron chi connectivity index (χ3n) is 2.03. The van der Waals surface area contributed by atoms with E-state index < -0.39 is 5.41 Å². The number of carbonyl (C=O) groups is 1. The van der Waals surface area contributed by atoms with Crippen LogP contribution in [0.4, 0.5) is 0 Å². The molecule has 0 atom stereocenters. The molecule has 1 aliphatic rings. The van der Waals surface area contributed by atoms with Crippen molar-refractivity contribution in [2.45, 2.75) is 19.3 Å². The first-order valence-corrected chi connectivity index (χ1v) is 4.05. The Kier molecular flexibility index (Phi) is 2.49. The highest BCUT2D eigenvalue weighted by Crippen LogP contribution is 2.44. The first-order valence-electron chi connectivity index (χ1n) is 4.05. The van der Waals surface area contributed by atoms with E-state index in [0.717, 1.165) is 6.42 Å². The summed E-state index contributed by atoms with van der Waals surface area (Å²) < 4.78 is 0. The van der Waals surface area contributed by atoms with E-state index in [1.54, 1.807) is 6.08 Å². The molecule has 0 aliphatic heterocycles. The van der Waals surface area contributed by atoms with Crippen LogP contribution in [-0.2, 0) is 4.79 Å². The van der Waals surface area contributed by atoms with Crippen LogP contribution in [0.5, 0.6) is 0 Å². The van der Waals surface area contributed by atoms with Crippen molar-refractivity contribution in [3.8, 4) is 6.07 Å². The van der Waals surface area contributed by atoms with Gasteiger partial charge in [-0.15, -0.1) is 6.58 Å². The van der Waals surface area contributed by atoms with Crippen LogP contribution in [0.25, 0.3) is 0 Å². The van der Waals surface area contributed by atoms with Crippen LogP contribution >= 0.6 is 0 Å². The number of nitriles is 1. The Morgan fingerprint density at radius 1 is 1.75 bits per heavy atom. The number of amides is 1. The van der Waals surface area contributed by atoms with E-state index in [0.29, 0.717) is 19.4 Å². The number of rotatable bonds is 4. The first kappa shape index (κ1) is 8.79. The number of nitrogens with zero attached hydrogens (tertiary/aromatic N) is 1. The first-order chi connectivity index (χ1) is 5.75. The van der Waals surface area contributed by atoms with Gasteiger partial charge in [-0.1, -0.05) is 6.08 Å². The molecule has 1 N–H and O–H groups in total. The largest absolute Gasteiger partial charge is 0.354 e. The maximum Gasteiger partial charge on any atom is 0.240 e. The standard InChI is InChI=1S/C9H12N2O/c1-2-3-6-11-8(12)9(7-10)4-5-9/h2H,1,3-6H2,(H,11,12). The van der Waals surface area contributed by atoms with Crippen LogP contribution < -0.4 is 5.32 Å². The molecule has 0 heterocycles. The van der Waals surface area contributed by atoms with Gasteiger partial charge in [-0.05, 0) is 19.3 Å². The molecule has 1 fully saturated rings. The molecular formula is C9H12N2O. The molecule has 0 saturated heterocycles. The molecule has 0 spiro atoms. The van der Waals surface area contributed by atoms with E-state index in [-0.39, 0.29) is 5.91 Å². The lowest BCUT2D eigenvalue weighted by Gasteiger charge is -2.05. The van der Waals surface area contributed by atoms with Crippen LogP contribution in [0.1, 0.15) is 19.3 Å². The van der Waals surface area contributed by atoms with Crippen LogP contribution in [0, 0.1) is 16.7 Å². The zero-order valence-corrected chi connectivity index (χ0v) is 6.97. The third kappa shape index (κ3) is 1.65. The summed E-state index contributed by atoms with van der Waals surface area (Å²) in [6.07, 6.45) is 3.92. The van der Waals surface area contributed by atoms with Gasteiger partial charge in [0.25, 0.3) is 0 Å². The van der Waals surface area contributed by atoms with Crippen LogP contribution in [0.15, 0.2) is 12.7 Å². The zero-order valence-electron chi connectivity index (χ0n) is 6.97. The van der Waals surface area contributed by atoms with Gasteiger partial charge < -0.3 is 5.32 Å². The molecule has 1 aliphatic carbocycles. The average Bonchev–Trinajstić information content (AvgIpc) is 2.85. The topological polar surface area (TPSA) is 52.9 Å². The van der Waals surface area contributed by atoms with E-state index in [9.17, 15) is 4.79 Å². The second-order valence-electron chi connectivity index (χ2n) is 3.03. The van der Waals surface area contributed by atoms with Gasteiger partial charge in [0.05, 0.1) is 6.07 Å². The fraction of sp³-hybridized carbons (Fsp3) is 0.556. The Balaban J connectivity index is 2.30. The fourth-order valence-electron chi connectivity index (χ4n) is 0.972. The molecule has 1 amide bonds. The quantitative estimate of drug-likeness (QED) is 0.497. The monoisotopic (exact) mass is 164 g/mol. The van der Waals surface area contributed by atoms with Crippen molar-refractivity contribution in [3.63, 3.8) is 0 Å². The molecule has 1 saturated carbocycles. The predicted octanol–water partition coefficient (Wildman–Crippen LogP) is 0.982. The van der Waals surface area contributed by atoms with Gasteiger partial charge in [-0.25, -0.2) is 0 Å². The lowest BCUT2D eigenvalue weighted by molar-refractivity contribution is -0.124. The van der Waals surface area contributed by atoms with Crippen LogP contribution in [-0.4, -0.2) is 12.5 Å². The number of nitrogens with one attached hydrogen (secondary N) is 1. The van der Waals surface area contributed by atoms with E-state index in [2.05, 4.69) is 11.9 Å². The normalized spacial score (nSPS) is 17.6. The summed E-state index contributed by atoms with van der Waals surface area (Å²) in [6.45, 7) is 4.13. The van der Waals surface area contributed by atoms with Crippen molar-refractivity contribution in [1.29, 1.82) is 5.26 Å². The Labute approximate surface area is 72.1 Å². The van der Waals surface area contributed by atoms with Gasteiger partial charge in [-0.3, -0.25) is 4.79 Å². The Bertz CT molecular complexity index is 235. The molecule has 3 heteroatoms. The maximum atomic E-state index is 11.3. The van der Waals surface area contributed by atoms with E-state index in [1.807, 2.05) is 6.07 Å². The highest BCUT2D eigenvalue weighted by Gasteiger charge is 2.50. The second-order valence-corrected chi connectivity index (χ2v) is 3.03. The summed E-state index contributed by atoms with van der Waals surface area (Å²) >= 11 is 0. The number of hydrogen-bond donors (Lipinski definition) is 1. The fourth-order valence-corrected chi connectivity index (χ4v) is 0.972. The minimum Gasteiger partial charge on any atom is -0.354 e. The van der Waals surface area contributed by atoms with Crippen LogP contribution in [0.2, 0.25) is 0 Å². The maximum absolute atomic E-state index is 11.3. The van der Waals surface area contributed by atoms with Crippen molar-refractivity contribution in [2.75, 3.05) is 6.54 Å². The summed E-state index contributed by atoms with van der Waals surface area (Å²) in [5.74, 6) is -0.119. The summed E-state index contributed by atoms with van der Waals surface area (Å²) in [5, 5.41) is 11.4. The Morgan fingerprint density at radius 2 is 2.42 bits per heavy atom. The van der Waals surface area contributed by atoms with Gasteiger partial charge in [0.1, 0.15) is 5.41 Å². The molecule has 0 aromatic rings. The average molecular weight is 164 g/mol. The van der Waals surface area contributed by atoms with Crippen molar-refractivity contribution in [1.82, 2.24) is 5.32 Å². The lowest BCUT2D eigenvalue weighted by Crippen LogP contribution is -2.31. The van der Waals surface area contributed by atoms with Crippen molar-refractivity contribution >= 4 is 5.91 Å². The molecule has 0 aromatic carbocycles. The van der Waals surface area contributed by atoms with Gasteiger partial charge in [-0.2, -0.15) is 5.26 Å². The lowest BCUT2D eigenvalue weighted by atomic mass is 10.1. The smallest absolute Gasteiger partial charge is 0.240 e. The zero-order chi connectivity index (χ0) is 9.03. The summed E-state index contributed by atoms with van der Waals surface area (Å²) in [6, 6.07) is 2.04. The van der Waals surface area contributed by atoms with Gasteiger partial charge in [0, 0.05) is 6.54 Å². The minimum atomic E-state index is -0.679. The van der Waals surface area contributed by atoms with E-state index in [1.165, 1.54) is 0 Å². The van der Waals surface area contributed by atoms with Gasteiger partial charge >= 0.3 is 0 Å². The third-order valence-corrected chi connectivity index (χ3v) is 2.03. The predicted molar refractivity (Wildman–Crippen MR) is 45.1 cm³/mol. The highest BCUT2D eigenvalue weighted by molar-refractivity contribution is 5.88. The van der Waals surface area contributed by atoms with Gasteiger partial charge in [0.15, 0.2) is 0 Å². The Hall–Kier alpha value is -1.30. The van der Waals surface area contributed by atoms with E-state index in [4.69, 9.17) is 5.26 Å². The molecule has 3 nitrogen and oxygen atoms in total. The molecule has 64 valence electrons. The summed E-state index contributed by atoms with van der Waals surface area (Å²) in [4.78, 5) is 11.3. The highest BCUT2D eigenvalue weighted by atomic mass is 16.2. The molecule has 12 heavy (non-hydrogen) atoms. The molecular weight excluding hydrogens is 152 g/mol. The van der Waals surface area contributed by atoms with Gasteiger partial charge in [0.2, 0.25) is 5.91 Å². The second kappa shape index (κ2) is 3.40. The van der Waals surface area contributed by atoms with Crippen molar-refractivity contribution in [2.24, 2.45) is 5.41 Å². The molecule has 0 bridgehead atoms. The minimum absolute atomic E-state index is 0.119.